The van der Waals surface area contributed by atoms with Crippen LogP contribution in [0.5, 0.6) is 5.75 Å². The molecular formula is C48H52N8O5. The molecule has 13 heteroatoms. The number of rotatable bonds is 10. The Morgan fingerprint density at radius 2 is 1.43 bits per heavy atom. The Bertz CT molecular complexity index is 2600. The molecule has 314 valence electrons. The number of aromatic amines is 2. The zero-order valence-electron chi connectivity index (χ0n) is 35.3. The van der Waals surface area contributed by atoms with Crippen molar-refractivity contribution < 1.29 is 23.9 Å². The summed E-state index contributed by atoms with van der Waals surface area (Å²) >= 11 is 0. The number of amides is 3. The number of aromatic nitrogens is 4. The molecule has 6 aromatic rings. The van der Waals surface area contributed by atoms with Gasteiger partial charge in [-0.3, -0.25) is 14.5 Å². The zero-order valence-corrected chi connectivity index (χ0v) is 35.3. The maximum Gasteiger partial charge on any atom is 0.407 e. The van der Waals surface area contributed by atoms with E-state index in [0.29, 0.717) is 19.7 Å². The Hall–Kier alpha value is -6.47. The third-order valence-corrected chi connectivity index (χ3v) is 12.5. The van der Waals surface area contributed by atoms with Crippen molar-refractivity contribution in [1.82, 2.24) is 40.0 Å². The zero-order chi connectivity index (χ0) is 42.4. The second kappa shape index (κ2) is 16.5. The van der Waals surface area contributed by atoms with Gasteiger partial charge in [-0.2, -0.15) is 0 Å². The van der Waals surface area contributed by atoms with Gasteiger partial charge in [0.2, 0.25) is 11.8 Å². The molecule has 9 rings (SSSR count). The number of nitrogens with zero attached hydrogens (tertiary/aromatic N) is 5. The largest absolute Gasteiger partial charge is 0.488 e. The summed E-state index contributed by atoms with van der Waals surface area (Å²) in [5.74, 6) is 2.24. The summed E-state index contributed by atoms with van der Waals surface area (Å²) in [4.78, 5) is 62.1. The molecule has 61 heavy (non-hydrogen) atoms. The van der Waals surface area contributed by atoms with E-state index in [2.05, 4.69) is 63.8 Å². The summed E-state index contributed by atoms with van der Waals surface area (Å²) < 4.78 is 11.3. The van der Waals surface area contributed by atoms with Gasteiger partial charge in [0.1, 0.15) is 36.1 Å². The first-order valence-electron chi connectivity index (χ1n) is 21.2. The van der Waals surface area contributed by atoms with Crippen molar-refractivity contribution in [3.05, 3.63) is 114 Å². The van der Waals surface area contributed by atoms with Crippen LogP contribution in [-0.2, 0) is 20.9 Å². The van der Waals surface area contributed by atoms with Gasteiger partial charge in [0, 0.05) is 29.6 Å². The van der Waals surface area contributed by atoms with Crippen molar-refractivity contribution in [2.75, 3.05) is 34.3 Å². The highest BCUT2D eigenvalue weighted by Gasteiger charge is 2.39. The lowest BCUT2D eigenvalue weighted by atomic mass is 9.92. The number of ether oxygens (including phenoxy) is 2. The molecule has 0 aliphatic carbocycles. The van der Waals surface area contributed by atoms with E-state index in [1.54, 1.807) is 0 Å². The third kappa shape index (κ3) is 7.51. The van der Waals surface area contributed by atoms with Gasteiger partial charge >= 0.3 is 6.09 Å². The predicted octanol–water partition coefficient (Wildman–Crippen LogP) is 8.19. The van der Waals surface area contributed by atoms with E-state index in [9.17, 15) is 14.4 Å². The molecule has 0 radical (unpaired) electrons. The molecule has 3 amide bonds. The summed E-state index contributed by atoms with van der Waals surface area (Å²) in [7, 11) is 5.21. The van der Waals surface area contributed by atoms with Gasteiger partial charge in [-0.05, 0) is 91.5 Å². The van der Waals surface area contributed by atoms with Crippen LogP contribution in [0.25, 0.3) is 44.4 Å². The highest BCUT2D eigenvalue weighted by atomic mass is 16.5. The fraction of sp³-hybridized carbons (Fsp3) is 0.354. The molecule has 3 aliphatic rings. The molecule has 0 spiro atoms. The molecule has 4 aromatic carbocycles. The summed E-state index contributed by atoms with van der Waals surface area (Å²) in [5, 5.41) is 4.79. The van der Waals surface area contributed by atoms with Crippen molar-refractivity contribution in [3.8, 4) is 39.4 Å². The van der Waals surface area contributed by atoms with Crippen LogP contribution < -0.4 is 10.1 Å². The SMILES string of the molecule is COC(=O)N[C@H](C(=O)N1CCC[C@H]1c1ncc(-c2ccc3c4c(ccc3c2)-c2ccc(-c3cnc([C@@H]5CCCN5C(=O)C(c5ccccc5)N(C)C)[nH]3)cc2CO4)[nH]1)C(C)C. The number of fused-ring (bicyclic) bond motifs is 5. The van der Waals surface area contributed by atoms with Crippen LogP contribution >= 0.6 is 0 Å². The minimum atomic E-state index is -0.690. The van der Waals surface area contributed by atoms with Crippen molar-refractivity contribution in [3.63, 3.8) is 0 Å². The summed E-state index contributed by atoms with van der Waals surface area (Å²) in [5.41, 5.74) is 8.02. The maximum absolute atomic E-state index is 14.0. The number of carbonyl (C=O) groups excluding carboxylic acids is 3. The molecule has 2 fully saturated rings. The van der Waals surface area contributed by atoms with Crippen LogP contribution in [0.4, 0.5) is 4.79 Å². The second-order valence-corrected chi connectivity index (χ2v) is 16.9. The Kier molecular flexibility index (Phi) is 10.8. The summed E-state index contributed by atoms with van der Waals surface area (Å²) in [6.07, 6.45) is 6.50. The van der Waals surface area contributed by atoms with Crippen LogP contribution in [-0.4, -0.2) is 92.9 Å². The van der Waals surface area contributed by atoms with E-state index in [1.807, 2.05) is 85.4 Å². The fourth-order valence-corrected chi connectivity index (χ4v) is 9.40. The van der Waals surface area contributed by atoms with Crippen molar-refractivity contribution in [2.24, 2.45) is 5.92 Å². The smallest absolute Gasteiger partial charge is 0.407 e. The van der Waals surface area contributed by atoms with Gasteiger partial charge < -0.3 is 34.6 Å². The first kappa shape index (κ1) is 40.0. The van der Waals surface area contributed by atoms with Gasteiger partial charge in [-0.15, -0.1) is 0 Å². The van der Waals surface area contributed by atoms with E-state index in [1.165, 1.54) is 7.11 Å². The van der Waals surface area contributed by atoms with Gasteiger partial charge in [-0.25, -0.2) is 14.8 Å². The number of imidazole rings is 2. The Morgan fingerprint density at radius 3 is 2.07 bits per heavy atom. The third-order valence-electron chi connectivity index (χ3n) is 12.5. The number of likely N-dealkylation sites (N-methyl/N-ethyl adjacent to an activating group) is 1. The molecule has 5 heterocycles. The monoisotopic (exact) mass is 820 g/mol. The van der Waals surface area contributed by atoms with E-state index < -0.39 is 12.1 Å². The van der Waals surface area contributed by atoms with Crippen molar-refractivity contribution >= 4 is 28.7 Å². The van der Waals surface area contributed by atoms with Gasteiger partial charge in [0.25, 0.3) is 0 Å². The molecule has 0 saturated carbocycles. The van der Waals surface area contributed by atoms with Crippen LogP contribution in [0.2, 0.25) is 0 Å². The number of nitrogens with one attached hydrogen (secondary N) is 3. The minimum absolute atomic E-state index is 0.0919. The lowest BCUT2D eigenvalue weighted by molar-refractivity contribution is -0.137. The molecule has 13 nitrogen and oxygen atoms in total. The summed E-state index contributed by atoms with van der Waals surface area (Å²) in [6, 6.07) is 25.6. The number of hydrogen-bond acceptors (Lipinski definition) is 8. The quantitative estimate of drug-likeness (QED) is 0.125. The number of methoxy groups -OCH3 is 1. The number of carbonyl (C=O) groups is 3. The van der Waals surface area contributed by atoms with Crippen molar-refractivity contribution in [2.45, 2.75) is 70.3 Å². The van der Waals surface area contributed by atoms with E-state index >= 15 is 0 Å². The Balaban J connectivity index is 0.916. The molecule has 0 bridgehead atoms. The molecule has 3 N–H and O–H groups in total. The standard InChI is InChI=1S/C48H52N8O5/c1-28(2)41(53-48(59)60-5)46(57)55-21-9-13-39(55)44-49-25-37(51-44)31-17-19-35-30(23-31)15-20-36-34-18-16-32(24-33(34)27-61-43(35)36)38-26-50-45(52-38)40-14-10-22-56(40)47(58)42(54(3)4)29-11-7-6-8-12-29/h6-8,11-12,15-20,23-26,28,39-42H,9-10,13-14,21-22,27H2,1-5H3,(H,49,51)(H,50,52)(H,53,59)/t39-,40-,41-,42?/m0/s1. The first-order chi connectivity index (χ1) is 29.6. The van der Waals surface area contributed by atoms with Crippen molar-refractivity contribution in [1.29, 1.82) is 0 Å². The minimum Gasteiger partial charge on any atom is -0.488 e. The average molecular weight is 821 g/mol. The fourth-order valence-electron chi connectivity index (χ4n) is 9.40. The Labute approximate surface area is 355 Å². The summed E-state index contributed by atoms with van der Waals surface area (Å²) in [6.45, 7) is 5.55. The predicted molar refractivity (Wildman–Crippen MR) is 233 cm³/mol. The number of alkyl carbamates (subject to hydrolysis) is 1. The average Bonchev–Trinajstić information content (AvgIpc) is 4.12. The first-order valence-corrected chi connectivity index (χ1v) is 21.2. The molecule has 3 aliphatic heterocycles. The maximum atomic E-state index is 14.0. The topological polar surface area (TPSA) is 149 Å². The van der Waals surface area contributed by atoms with Crippen LogP contribution in [0.15, 0.2) is 91.3 Å². The number of likely N-dealkylation sites (tertiary alicyclic amines) is 2. The van der Waals surface area contributed by atoms with E-state index in [4.69, 9.17) is 19.4 Å². The molecular weight excluding hydrogens is 769 g/mol. The second-order valence-electron chi connectivity index (χ2n) is 16.9. The number of H-pyrrole nitrogens is 2. The molecule has 2 saturated heterocycles. The Morgan fingerprint density at radius 1 is 0.803 bits per heavy atom. The highest BCUT2D eigenvalue weighted by molar-refractivity contribution is 5.98. The van der Waals surface area contributed by atoms with Gasteiger partial charge in [-0.1, -0.05) is 74.5 Å². The number of benzene rings is 4. The van der Waals surface area contributed by atoms with Gasteiger partial charge in [0.15, 0.2) is 0 Å². The molecule has 1 unspecified atom stereocenters. The lowest BCUT2D eigenvalue weighted by Gasteiger charge is -2.31. The highest BCUT2D eigenvalue weighted by Crippen LogP contribution is 2.44. The normalized spacial score (nSPS) is 18.2. The van der Waals surface area contributed by atoms with Crippen LogP contribution in [0, 0.1) is 5.92 Å². The lowest BCUT2D eigenvalue weighted by Crippen LogP contribution is -2.51. The van der Waals surface area contributed by atoms with Crippen LogP contribution in [0.1, 0.15) is 80.4 Å². The van der Waals surface area contributed by atoms with Crippen LogP contribution in [0.3, 0.4) is 0 Å². The molecule has 2 aromatic heterocycles. The number of hydrogen-bond donors (Lipinski definition) is 3. The van der Waals surface area contributed by atoms with E-state index in [-0.39, 0.29) is 35.9 Å². The molecule has 4 atom stereocenters. The van der Waals surface area contributed by atoms with E-state index in [0.717, 1.165) is 98.6 Å². The van der Waals surface area contributed by atoms with Gasteiger partial charge in [0.05, 0.1) is 43.0 Å².